The Morgan fingerprint density at radius 2 is 1.66 bits per heavy atom. The van der Waals surface area contributed by atoms with Crippen LogP contribution in [0.4, 0.5) is 11.4 Å². The largest absolute Gasteiger partial charge is 0.350 e. The van der Waals surface area contributed by atoms with Crippen LogP contribution in [0.25, 0.3) is 0 Å². The van der Waals surface area contributed by atoms with Gasteiger partial charge in [-0.05, 0) is 24.1 Å². The predicted molar refractivity (Wildman–Crippen MR) is 107 cm³/mol. The molecule has 8 nitrogen and oxygen atoms in total. The molecule has 148 valence electrons. The highest BCUT2D eigenvalue weighted by Crippen LogP contribution is 2.34. The van der Waals surface area contributed by atoms with Gasteiger partial charge in [0.25, 0.3) is 11.4 Å². The van der Waals surface area contributed by atoms with Crippen molar-refractivity contribution >= 4 is 11.4 Å². The van der Waals surface area contributed by atoms with E-state index >= 15 is 0 Å². The molecule has 4 rings (SSSR count). The molecule has 0 spiro atoms. The summed E-state index contributed by atoms with van der Waals surface area (Å²) in [7, 11) is 0. The number of para-hydroxylation sites is 1. The summed E-state index contributed by atoms with van der Waals surface area (Å²) in [4.78, 5) is 23.9. The van der Waals surface area contributed by atoms with Gasteiger partial charge in [-0.1, -0.05) is 30.3 Å². The van der Waals surface area contributed by atoms with Gasteiger partial charge in [-0.15, -0.1) is 0 Å². The minimum atomic E-state index is -0.412. The highest BCUT2D eigenvalue weighted by atomic mass is 16.6. The molecular weight excluding hydrogens is 372 g/mol. The molecule has 0 saturated heterocycles. The van der Waals surface area contributed by atoms with Crippen LogP contribution < -0.4 is 0 Å². The van der Waals surface area contributed by atoms with Crippen LogP contribution in [0.2, 0.25) is 0 Å². The average molecular weight is 392 g/mol. The number of aryl methyl sites for hydroxylation is 1. The van der Waals surface area contributed by atoms with Crippen molar-refractivity contribution in [3.8, 4) is 0 Å². The van der Waals surface area contributed by atoms with Gasteiger partial charge in [-0.3, -0.25) is 25.1 Å². The van der Waals surface area contributed by atoms with E-state index in [-0.39, 0.29) is 22.3 Å². The first-order valence-corrected chi connectivity index (χ1v) is 9.40. The van der Waals surface area contributed by atoms with E-state index in [0.717, 1.165) is 30.8 Å². The van der Waals surface area contributed by atoms with E-state index in [2.05, 4.69) is 9.47 Å². The fourth-order valence-electron chi connectivity index (χ4n) is 4.01. The minimum Gasteiger partial charge on any atom is -0.350 e. The smallest absolute Gasteiger partial charge is 0.273 e. The van der Waals surface area contributed by atoms with Gasteiger partial charge < -0.3 is 4.57 Å². The van der Waals surface area contributed by atoms with Crippen molar-refractivity contribution in [2.75, 3.05) is 6.54 Å². The van der Waals surface area contributed by atoms with Gasteiger partial charge in [-0.2, -0.15) is 0 Å². The molecule has 3 aromatic rings. The molecule has 1 aromatic heterocycles. The van der Waals surface area contributed by atoms with Crippen molar-refractivity contribution in [3.63, 3.8) is 0 Å². The van der Waals surface area contributed by atoms with Crippen molar-refractivity contribution < 1.29 is 9.85 Å². The van der Waals surface area contributed by atoms with Crippen LogP contribution in [0.1, 0.15) is 29.3 Å². The van der Waals surface area contributed by atoms with Gasteiger partial charge in [0.15, 0.2) is 0 Å². The van der Waals surface area contributed by atoms with E-state index in [1.165, 1.54) is 18.2 Å². The summed E-state index contributed by atoms with van der Waals surface area (Å²) >= 11 is 0. The van der Waals surface area contributed by atoms with Gasteiger partial charge in [0.1, 0.15) is 0 Å². The first-order valence-electron chi connectivity index (χ1n) is 9.40. The minimum absolute atomic E-state index is 0.0444. The molecule has 0 aliphatic carbocycles. The van der Waals surface area contributed by atoms with Gasteiger partial charge in [0.2, 0.25) is 0 Å². The molecule has 0 fully saturated rings. The fraction of sp³-hybridized carbons (Fsp3) is 0.238. The first-order chi connectivity index (χ1) is 14.0. The molecule has 1 aliphatic heterocycles. The quantitative estimate of drug-likeness (QED) is 0.477. The zero-order chi connectivity index (χ0) is 20.4. The Balaban J connectivity index is 1.75. The molecule has 0 saturated carbocycles. The number of hydrogen-bond donors (Lipinski definition) is 0. The van der Waals surface area contributed by atoms with Crippen molar-refractivity contribution in [2.24, 2.45) is 0 Å². The van der Waals surface area contributed by atoms with Crippen molar-refractivity contribution in [1.29, 1.82) is 0 Å². The molecule has 1 atom stereocenters. The van der Waals surface area contributed by atoms with Gasteiger partial charge in [0.05, 0.1) is 15.9 Å². The van der Waals surface area contributed by atoms with Crippen LogP contribution in [0, 0.1) is 20.2 Å². The maximum atomic E-state index is 11.5. The summed E-state index contributed by atoms with van der Waals surface area (Å²) in [6.07, 6.45) is 2.94. The molecule has 2 aromatic carbocycles. The van der Waals surface area contributed by atoms with E-state index in [1.54, 1.807) is 24.3 Å². The summed E-state index contributed by atoms with van der Waals surface area (Å²) < 4.78 is 2.19. The number of nitro groups is 2. The fourth-order valence-corrected chi connectivity index (χ4v) is 4.01. The van der Waals surface area contributed by atoms with E-state index in [9.17, 15) is 20.2 Å². The summed E-state index contributed by atoms with van der Waals surface area (Å²) in [6.45, 7) is 2.04. The Bertz CT molecular complexity index is 1040. The highest BCUT2D eigenvalue weighted by molar-refractivity contribution is 5.41. The summed E-state index contributed by atoms with van der Waals surface area (Å²) in [5.74, 6) is 0. The molecular formula is C21H20N4O4. The molecule has 2 heterocycles. The van der Waals surface area contributed by atoms with Crippen LogP contribution in [0.5, 0.6) is 0 Å². The molecule has 0 N–H and O–H groups in total. The zero-order valence-corrected chi connectivity index (χ0v) is 15.7. The SMILES string of the molecule is O=[N+]([O-])c1ccc([C@H]2c3cccn3CCCN2Cc2ccccc2[N+](=O)[O-])cc1. The first kappa shape index (κ1) is 18.8. The lowest BCUT2D eigenvalue weighted by molar-refractivity contribution is -0.385. The van der Waals surface area contributed by atoms with E-state index in [0.29, 0.717) is 12.1 Å². The number of aromatic nitrogens is 1. The van der Waals surface area contributed by atoms with Crippen molar-refractivity contribution in [1.82, 2.24) is 9.47 Å². The van der Waals surface area contributed by atoms with E-state index in [1.807, 2.05) is 24.4 Å². The van der Waals surface area contributed by atoms with E-state index < -0.39 is 4.92 Å². The number of rotatable bonds is 5. The van der Waals surface area contributed by atoms with Gasteiger partial charge in [0, 0.05) is 55.3 Å². The summed E-state index contributed by atoms with van der Waals surface area (Å²) in [6, 6.07) is 17.3. The predicted octanol–water partition coefficient (Wildman–Crippen LogP) is 4.30. The van der Waals surface area contributed by atoms with Gasteiger partial charge in [-0.25, -0.2) is 0 Å². The Morgan fingerprint density at radius 3 is 2.38 bits per heavy atom. The average Bonchev–Trinajstić information content (AvgIpc) is 3.10. The third-order valence-corrected chi connectivity index (χ3v) is 5.34. The summed E-state index contributed by atoms with van der Waals surface area (Å²) in [5.41, 5.74) is 2.81. The molecule has 0 unspecified atom stereocenters. The Kier molecular flexibility index (Phi) is 5.09. The Hall–Kier alpha value is -3.52. The van der Waals surface area contributed by atoms with Crippen LogP contribution in [0.15, 0.2) is 66.9 Å². The van der Waals surface area contributed by atoms with Crippen LogP contribution in [-0.4, -0.2) is 25.9 Å². The zero-order valence-electron chi connectivity index (χ0n) is 15.7. The lowest BCUT2D eigenvalue weighted by Gasteiger charge is -2.30. The second-order valence-corrected chi connectivity index (χ2v) is 7.09. The second kappa shape index (κ2) is 7.84. The topological polar surface area (TPSA) is 94.5 Å². The Morgan fingerprint density at radius 1 is 0.897 bits per heavy atom. The van der Waals surface area contributed by atoms with Gasteiger partial charge >= 0.3 is 0 Å². The molecule has 29 heavy (non-hydrogen) atoms. The standard InChI is InChI=1S/C21H20N4O4/c26-24(27)18-10-8-16(9-11-18)21-20-7-3-12-22(20)13-4-14-23(21)15-17-5-1-2-6-19(17)25(28)29/h1-3,5-12,21H,4,13-15H2/t21-/m0/s1. The Labute approximate surface area is 167 Å². The highest BCUT2D eigenvalue weighted by Gasteiger charge is 2.29. The molecule has 0 radical (unpaired) electrons. The van der Waals surface area contributed by atoms with Crippen molar-refractivity contribution in [2.45, 2.75) is 25.6 Å². The maximum Gasteiger partial charge on any atom is 0.273 e. The van der Waals surface area contributed by atoms with Crippen molar-refractivity contribution in [3.05, 3.63) is 104 Å². The molecule has 0 amide bonds. The number of nitro benzene ring substituents is 2. The number of nitrogens with zero attached hydrogens (tertiary/aromatic N) is 4. The second-order valence-electron chi connectivity index (χ2n) is 7.09. The maximum absolute atomic E-state index is 11.5. The number of benzene rings is 2. The number of fused-ring (bicyclic) bond motifs is 1. The third-order valence-electron chi connectivity index (χ3n) is 5.34. The number of non-ortho nitro benzene ring substituents is 1. The lowest BCUT2D eigenvalue weighted by Crippen LogP contribution is -2.29. The normalized spacial score (nSPS) is 16.8. The third kappa shape index (κ3) is 3.74. The summed E-state index contributed by atoms with van der Waals surface area (Å²) in [5, 5.41) is 22.5. The van der Waals surface area contributed by atoms with Crippen LogP contribution in [0.3, 0.4) is 0 Å². The molecule has 1 aliphatic rings. The molecule has 0 bridgehead atoms. The lowest BCUT2D eigenvalue weighted by atomic mass is 10.0. The molecule has 8 heteroatoms. The van der Waals surface area contributed by atoms with Crippen LogP contribution >= 0.6 is 0 Å². The number of hydrogen-bond acceptors (Lipinski definition) is 5. The monoisotopic (exact) mass is 392 g/mol. The van der Waals surface area contributed by atoms with Crippen LogP contribution in [-0.2, 0) is 13.1 Å². The van der Waals surface area contributed by atoms with E-state index in [4.69, 9.17) is 0 Å².